The zero-order valence-electron chi connectivity index (χ0n) is 12.7. The lowest BCUT2D eigenvalue weighted by Gasteiger charge is -2.27. The van der Waals surface area contributed by atoms with Crippen LogP contribution in [0.3, 0.4) is 0 Å². The van der Waals surface area contributed by atoms with E-state index in [0.29, 0.717) is 6.04 Å². The van der Waals surface area contributed by atoms with E-state index in [1.807, 2.05) is 17.0 Å². The van der Waals surface area contributed by atoms with Crippen LogP contribution in [0.4, 0.5) is 0 Å². The summed E-state index contributed by atoms with van der Waals surface area (Å²) >= 11 is 0. The zero-order chi connectivity index (χ0) is 14.2. The molecule has 0 aliphatic heterocycles. The number of hydrogen-bond donors (Lipinski definition) is 0. The lowest BCUT2D eigenvalue weighted by molar-refractivity contribution is 0.0690. The van der Waals surface area contributed by atoms with E-state index in [2.05, 4.69) is 46.8 Å². The first-order valence-electron chi connectivity index (χ1n) is 7.24. The molecule has 0 bridgehead atoms. The van der Waals surface area contributed by atoms with Crippen molar-refractivity contribution in [3.63, 3.8) is 0 Å². The third kappa shape index (κ3) is 3.17. The van der Waals surface area contributed by atoms with Gasteiger partial charge in [-0.2, -0.15) is 0 Å². The molecule has 0 aromatic heterocycles. The van der Waals surface area contributed by atoms with Crippen molar-refractivity contribution in [2.24, 2.45) is 0 Å². The Labute approximate surface area is 116 Å². The molecule has 2 rings (SSSR count). The van der Waals surface area contributed by atoms with Gasteiger partial charge >= 0.3 is 0 Å². The molecule has 2 heteroatoms. The molecule has 1 amide bonds. The summed E-state index contributed by atoms with van der Waals surface area (Å²) in [6.07, 6.45) is 2.31. The maximum absolute atomic E-state index is 12.6. The molecular weight excluding hydrogens is 234 g/mol. The smallest absolute Gasteiger partial charge is 0.254 e. The fourth-order valence-electron chi connectivity index (χ4n) is 2.44. The quantitative estimate of drug-likeness (QED) is 0.803. The number of carbonyl (C=O) groups is 1. The summed E-state index contributed by atoms with van der Waals surface area (Å²) in [6, 6.07) is 8.86. The highest BCUT2D eigenvalue weighted by Gasteiger charge is 2.34. The molecule has 2 nitrogen and oxygen atoms in total. The third-order valence-corrected chi connectivity index (χ3v) is 3.73. The van der Waals surface area contributed by atoms with Crippen LogP contribution in [-0.4, -0.2) is 22.9 Å². The maximum atomic E-state index is 12.6. The Morgan fingerprint density at radius 1 is 1.16 bits per heavy atom. The van der Waals surface area contributed by atoms with Crippen molar-refractivity contribution in [2.75, 3.05) is 0 Å². The summed E-state index contributed by atoms with van der Waals surface area (Å²) in [6.45, 7) is 10.8. The van der Waals surface area contributed by atoms with Gasteiger partial charge in [0.25, 0.3) is 5.91 Å². The van der Waals surface area contributed by atoms with Gasteiger partial charge in [-0.05, 0) is 49.8 Å². The second kappa shape index (κ2) is 4.99. The number of carbonyl (C=O) groups excluding carboxylic acids is 1. The molecule has 1 saturated carbocycles. The minimum Gasteiger partial charge on any atom is -0.333 e. The highest BCUT2D eigenvalue weighted by molar-refractivity contribution is 5.94. The minimum atomic E-state index is 0.135. The van der Waals surface area contributed by atoms with Crippen LogP contribution >= 0.6 is 0 Å². The Balaban J connectivity index is 2.19. The molecule has 104 valence electrons. The Bertz CT molecular complexity index is 447. The van der Waals surface area contributed by atoms with Gasteiger partial charge in [-0.3, -0.25) is 4.79 Å². The molecule has 1 aliphatic rings. The van der Waals surface area contributed by atoms with Crippen molar-refractivity contribution in [2.45, 2.75) is 65.0 Å². The fraction of sp³-hybridized carbons (Fsp3) is 0.588. The zero-order valence-corrected chi connectivity index (χ0v) is 12.7. The monoisotopic (exact) mass is 259 g/mol. The van der Waals surface area contributed by atoms with Crippen LogP contribution < -0.4 is 0 Å². The summed E-state index contributed by atoms with van der Waals surface area (Å²) in [5, 5.41) is 0. The summed E-state index contributed by atoms with van der Waals surface area (Å²) in [5.41, 5.74) is 2.22. The number of amides is 1. The Kier molecular flexibility index (Phi) is 3.71. The number of nitrogens with zero attached hydrogens (tertiary/aromatic N) is 1. The molecule has 1 aliphatic carbocycles. The molecule has 0 spiro atoms. The molecule has 1 aromatic rings. The van der Waals surface area contributed by atoms with Gasteiger partial charge in [0.2, 0.25) is 0 Å². The molecule has 0 unspecified atom stereocenters. The van der Waals surface area contributed by atoms with Gasteiger partial charge in [-0.1, -0.05) is 32.9 Å². The highest BCUT2D eigenvalue weighted by Crippen LogP contribution is 2.30. The van der Waals surface area contributed by atoms with Crippen LogP contribution in [0.2, 0.25) is 0 Å². The van der Waals surface area contributed by atoms with Gasteiger partial charge in [0.1, 0.15) is 0 Å². The van der Waals surface area contributed by atoms with Gasteiger partial charge < -0.3 is 4.90 Å². The topological polar surface area (TPSA) is 20.3 Å². The average molecular weight is 259 g/mol. The van der Waals surface area contributed by atoms with E-state index in [0.717, 1.165) is 18.4 Å². The predicted octanol–water partition coefficient (Wildman–Crippen LogP) is 4.00. The number of benzene rings is 1. The molecule has 0 radical (unpaired) electrons. The maximum Gasteiger partial charge on any atom is 0.254 e. The average Bonchev–Trinajstić information content (AvgIpc) is 3.12. The van der Waals surface area contributed by atoms with E-state index in [9.17, 15) is 4.79 Å². The van der Waals surface area contributed by atoms with Crippen LogP contribution in [-0.2, 0) is 5.41 Å². The summed E-state index contributed by atoms with van der Waals surface area (Å²) < 4.78 is 0. The van der Waals surface area contributed by atoms with Crippen LogP contribution in [0.25, 0.3) is 0 Å². The van der Waals surface area contributed by atoms with E-state index in [1.54, 1.807) is 0 Å². The molecule has 0 atom stereocenters. The second-order valence-corrected chi connectivity index (χ2v) is 6.86. The lowest BCUT2D eigenvalue weighted by Crippen LogP contribution is -2.38. The van der Waals surface area contributed by atoms with E-state index < -0.39 is 0 Å². The Morgan fingerprint density at radius 2 is 1.68 bits per heavy atom. The molecule has 0 saturated heterocycles. The SMILES string of the molecule is CC(C)N(C(=O)c1ccc(C(C)(C)C)cc1)C1CC1. The largest absolute Gasteiger partial charge is 0.333 e. The van der Waals surface area contributed by atoms with E-state index in [-0.39, 0.29) is 17.4 Å². The number of hydrogen-bond acceptors (Lipinski definition) is 1. The summed E-state index contributed by atoms with van der Waals surface area (Å²) in [4.78, 5) is 14.6. The van der Waals surface area contributed by atoms with Gasteiger partial charge in [0.15, 0.2) is 0 Å². The van der Waals surface area contributed by atoms with E-state index in [1.165, 1.54) is 5.56 Å². The van der Waals surface area contributed by atoms with Crippen molar-refractivity contribution < 1.29 is 4.79 Å². The van der Waals surface area contributed by atoms with Gasteiger partial charge in [-0.15, -0.1) is 0 Å². The Morgan fingerprint density at radius 3 is 2.05 bits per heavy atom. The highest BCUT2D eigenvalue weighted by atomic mass is 16.2. The van der Waals surface area contributed by atoms with Gasteiger partial charge in [0, 0.05) is 17.6 Å². The Hall–Kier alpha value is -1.31. The normalized spacial score (nSPS) is 15.7. The minimum absolute atomic E-state index is 0.135. The fourth-order valence-corrected chi connectivity index (χ4v) is 2.44. The van der Waals surface area contributed by atoms with Crippen molar-refractivity contribution in [1.29, 1.82) is 0 Å². The molecule has 0 heterocycles. The van der Waals surface area contributed by atoms with Crippen molar-refractivity contribution >= 4 is 5.91 Å². The summed E-state index contributed by atoms with van der Waals surface area (Å²) in [5.74, 6) is 0.179. The second-order valence-electron chi connectivity index (χ2n) is 6.86. The molecule has 1 aromatic carbocycles. The van der Waals surface area contributed by atoms with Crippen LogP contribution in [0.1, 0.15) is 63.4 Å². The van der Waals surface area contributed by atoms with E-state index >= 15 is 0 Å². The molecule has 19 heavy (non-hydrogen) atoms. The van der Waals surface area contributed by atoms with Crippen LogP contribution in [0, 0.1) is 0 Å². The first-order chi connectivity index (χ1) is 8.80. The molecule has 1 fully saturated rings. The first-order valence-corrected chi connectivity index (χ1v) is 7.24. The van der Waals surface area contributed by atoms with Crippen molar-refractivity contribution in [3.05, 3.63) is 35.4 Å². The van der Waals surface area contributed by atoms with Crippen molar-refractivity contribution in [1.82, 2.24) is 4.90 Å². The van der Waals surface area contributed by atoms with Crippen LogP contribution in [0.5, 0.6) is 0 Å². The third-order valence-electron chi connectivity index (χ3n) is 3.73. The molecular formula is C17H25NO. The van der Waals surface area contributed by atoms with Crippen molar-refractivity contribution in [3.8, 4) is 0 Å². The van der Waals surface area contributed by atoms with Gasteiger partial charge in [0.05, 0.1) is 0 Å². The summed E-state index contributed by atoms with van der Waals surface area (Å²) in [7, 11) is 0. The van der Waals surface area contributed by atoms with E-state index in [4.69, 9.17) is 0 Å². The predicted molar refractivity (Wildman–Crippen MR) is 79.5 cm³/mol. The first kappa shape index (κ1) is 14.1. The standard InChI is InChI=1S/C17H25NO/c1-12(2)18(15-10-11-15)16(19)13-6-8-14(9-7-13)17(3,4)5/h6-9,12,15H,10-11H2,1-5H3. The number of rotatable bonds is 3. The van der Waals surface area contributed by atoms with Crippen LogP contribution in [0.15, 0.2) is 24.3 Å². The lowest BCUT2D eigenvalue weighted by atomic mass is 9.86. The van der Waals surface area contributed by atoms with Gasteiger partial charge in [-0.25, -0.2) is 0 Å². The molecule has 0 N–H and O–H groups in total.